The lowest BCUT2D eigenvalue weighted by Crippen LogP contribution is -2.44. The van der Waals surface area contributed by atoms with Crippen molar-refractivity contribution >= 4 is 11.8 Å². The molecule has 1 aliphatic heterocycles. The Labute approximate surface area is 114 Å². The Morgan fingerprint density at radius 2 is 1.74 bits per heavy atom. The van der Waals surface area contributed by atoms with Gasteiger partial charge in [0.25, 0.3) is 0 Å². The normalized spacial score (nSPS) is 25.6. The summed E-state index contributed by atoms with van der Waals surface area (Å²) in [6.45, 7) is 12.3. The van der Waals surface area contributed by atoms with Crippen LogP contribution in [-0.2, 0) is 9.47 Å². The highest BCUT2D eigenvalue weighted by atomic mass is 16.5. The molecule has 0 aromatic carbocycles. The van der Waals surface area contributed by atoms with Crippen molar-refractivity contribution in [2.24, 2.45) is 15.9 Å². The van der Waals surface area contributed by atoms with Crippen molar-refractivity contribution in [3.63, 3.8) is 0 Å². The maximum atomic E-state index is 5.50. The lowest BCUT2D eigenvalue weighted by molar-refractivity contribution is 0.308. The number of hydrogen-bond acceptors (Lipinski definition) is 4. The Hall–Kier alpha value is -1.58. The zero-order valence-corrected chi connectivity index (χ0v) is 12.2. The summed E-state index contributed by atoms with van der Waals surface area (Å²) in [6.07, 6.45) is 1.41. The molecule has 4 heteroatoms. The molecular weight excluding hydrogens is 240 g/mol. The predicted octanol–water partition coefficient (Wildman–Crippen LogP) is 2.76. The molecule has 0 aromatic heterocycles. The van der Waals surface area contributed by atoms with E-state index in [1.165, 1.54) is 0 Å². The molecule has 0 saturated heterocycles. The molecule has 1 fully saturated rings. The van der Waals surface area contributed by atoms with E-state index in [9.17, 15) is 0 Å². The molecule has 1 saturated carbocycles. The third-order valence-electron chi connectivity index (χ3n) is 3.78. The van der Waals surface area contributed by atoms with Crippen molar-refractivity contribution in [1.29, 1.82) is 0 Å². The van der Waals surface area contributed by atoms with Crippen LogP contribution in [-0.4, -0.2) is 37.6 Å². The lowest BCUT2D eigenvalue weighted by Gasteiger charge is -2.33. The highest BCUT2D eigenvalue weighted by Gasteiger charge is 2.47. The molecule has 1 spiro atoms. The van der Waals surface area contributed by atoms with Crippen LogP contribution in [0.4, 0.5) is 0 Å². The minimum Gasteiger partial charge on any atom is -0.483 e. The van der Waals surface area contributed by atoms with Gasteiger partial charge in [-0.1, -0.05) is 27.0 Å². The van der Waals surface area contributed by atoms with E-state index < -0.39 is 5.54 Å². The van der Waals surface area contributed by atoms with Gasteiger partial charge < -0.3 is 9.47 Å². The zero-order chi connectivity index (χ0) is 14.2. The van der Waals surface area contributed by atoms with Gasteiger partial charge in [-0.3, -0.25) is 0 Å². The van der Waals surface area contributed by atoms with Gasteiger partial charge in [0, 0.05) is 12.8 Å². The van der Waals surface area contributed by atoms with Crippen LogP contribution in [0.1, 0.15) is 26.7 Å². The van der Waals surface area contributed by atoms with Crippen molar-refractivity contribution in [2.75, 3.05) is 14.2 Å². The molecule has 104 valence electrons. The molecule has 0 amide bonds. The van der Waals surface area contributed by atoms with Gasteiger partial charge in [-0.15, -0.1) is 0 Å². The second kappa shape index (κ2) is 4.83. The summed E-state index contributed by atoms with van der Waals surface area (Å²) in [4.78, 5) is 9.52. The summed E-state index contributed by atoms with van der Waals surface area (Å²) in [6, 6.07) is -0.0762. The standard InChI is InChI=1S/C15H22N2O2/c1-9(2)12-13(18-5)17-15(14(16-12)19-6)7-10(3)11(4)8-15/h9,12H,3-4,7-8H2,1-2,5-6H3/t12-/m0/s1. The molecule has 1 aliphatic carbocycles. The molecule has 2 aliphatic rings. The molecule has 19 heavy (non-hydrogen) atoms. The number of rotatable bonds is 1. The van der Waals surface area contributed by atoms with Crippen molar-refractivity contribution in [3.05, 3.63) is 24.3 Å². The molecule has 0 bridgehead atoms. The van der Waals surface area contributed by atoms with E-state index >= 15 is 0 Å². The van der Waals surface area contributed by atoms with Crippen LogP contribution in [0.25, 0.3) is 0 Å². The maximum absolute atomic E-state index is 5.50. The van der Waals surface area contributed by atoms with E-state index in [1.807, 2.05) is 0 Å². The average Bonchev–Trinajstić information content (AvgIpc) is 2.64. The van der Waals surface area contributed by atoms with Gasteiger partial charge in [0.15, 0.2) is 0 Å². The fourth-order valence-electron chi connectivity index (χ4n) is 2.72. The first-order valence-corrected chi connectivity index (χ1v) is 6.55. The Morgan fingerprint density at radius 1 is 1.16 bits per heavy atom. The first-order valence-electron chi connectivity index (χ1n) is 6.55. The highest BCUT2D eigenvalue weighted by Crippen LogP contribution is 2.43. The van der Waals surface area contributed by atoms with Gasteiger partial charge >= 0.3 is 0 Å². The molecule has 1 atom stereocenters. The Morgan fingerprint density at radius 3 is 2.16 bits per heavy atom. The van der Waals surface area contributed by atoms with Gasteiger partial charge in [0.2, 0.25) is 11.8 Å². The van der Waals surface area contributed by atoms with Gasteiger partial charge in [0.1, 0.15) is 11.6 Å². The van der Waals surface area contributed by atoms with Gasteiger partial charge in [-0.25, -0.2) is 9.98 Å². The number of aliphatic imine (C=N–C) groups is 2. The monoisotopic (exact) mass is 262 g/mol. The zero-order valence-electron chi connectivity index (χ0n) is 12.2. The minimum atomic E-state index is -0.486. The number of ether oxygens (including phenoxy) is 2. The van der Waals surface area contributed by atoms with Crippen LogP contribution in [0, 0.1) is 5.92 Å². The minimum absolute atomic E-state index is 0.0762. The summed E-state index contributed by atoms with van der Waals surface area (Å²) >= 11 is 0. The molecule has 0 radical (unpaired) electrons. The van der Waals surface area contributed by atoms with Crippen LogP contribution in [0.2, 0.25) is 0 Å². The number of hydrogen-bond donors (Lipinski definition) is 0. The fraction of sp³-hybridized carbons (Fsp3) is 0.600. The first-order chi connectivity index (χ1) is 8.93. The number of nitrogens with zero attached hydrogens (tertiary/aromatic N) is 2. The summed E-state index contributed by atoms with van der Waals surface area (Å²) in [5.41, 5.74) is 1.55. The SMILES string of the molecule is C=C1CC2(CC1=C)N=C(OC)[C@H](C(C)C)N=C2OC. The third-order valence-corrected chi connectivity index (χ3v) is 3.78. The van der Waals surface area contributed by atoms with E-state index in [0.29, 0.717) is 30.6 Å². The summed E-state index contributed by atoms with van der Waals surface area (Å²) in [7, 11) is 3.29. The van der Waals surface area contributed by atoms with Gasteiger partial charge in [-0.2, -0.15) is 0 Å². The smallest absolute Gasteiger partial charge is 0.213 e. The summed E-state index contributed by atoms with van der Waals surface area (Å²) in [5.74, 6) is 1.67. The summed E-state index contributed by atoms with van der Waals surface area (Å²) < 4.78 is 10.9. The van der Waals surface area contributed by atoms with E-state index in [0.717, 1.165) is 11.1 Å². The van der Waals surface area contributed by atoms with E-state index in [-0.39, 0.29) is 6.04 Å². The molecule has 1 heterocycles. The maximum Gasteiger partial charge on any atom is 0.213 e. The topological polar surface area (TPSA) is 43.2 Å². The largest absolute Gasteiger partial charge is 0.483 e. The van der Waals surface area contributed by atoms with Crippen LogP contribution in [0.3, 0.4) is 0 Å². The number of methoxy groups -OCH3 is 2. The Kier molecular flexibility index (Phi) is 3.52. The van der Waals surface area contributed by atoms with E-state index in [1.54, 1.807) is 14.2 Å². The Bertz CT molecular complexity index is 459. The summed E-state index contributed by atoms with van der Waals surface area (Å²) in [5, 5.41) is 0. The van der Waals surface area contributed by atoms with Crippen molar-refractivity contribution in [2.45, 2.75) is 38.3 Å². The van der Waals surface area contributed by atoms with Crippen LogP contribution < -0.4 is 0 Å². The quantitative estimate of drug-likeness (QED) is 0.729. The third kappa shape index (κ3) is 2.20. The van der Waals surface area contributed by atoms with Gasteiger partial charge in [0.05, 0.1) is 14.2 Å². The van der Waals surface area contributed by atoms with Crippen LogP contribution in [0.5, 0.6) is 0 Å². The average molecular weight is 262 g/mol. The van der Waals surface area contributed by atoms with E-state index in [2.05, 4.69) is 27.0 Å². The van der Waals surface area contributed by atoms with E-state index in [4.69, 9.17) is 19.5 Å². The molecule has 0 unspecified atom stereocenters. The predicted molar refractivity (Wildman–Crippen MR) is 77.8 cm³/mol. The molecule has 0 aromatic rings. The second-order valence-electron chi connectivity index (χ2n) is 5.57. The second-order valence-corrected chi connectivity index (χ2v) is 5.57. The first kappa shape index (κ1) is 13.8. The Balaban J connectivity index is 2.45. The molecule has 2 rings (SSSR count). The van der Waals surface area contributed by atoms with Crippen molar-refractivity contribution < 1.29 is 9.47 Å². The molecular formula is C15H22N2O2. The molecule has 4 nitrogen and oxygen atoms in total. The molecule has 0 N–H and O–H groups in total. The van der Waals surface area contributed by atoms with Gasteiger partial charge in [-0.05, 0) is 17.1 Å². The van der Waals surface area contributed by atoms with Crippen LogP contribution in [0.15, 0.2) is 34.3 Å². The van der Waals surface area contributed by atoms with Crippen LogP contribution >= 0.6 is 0 Å². The van der Waals surface area contributed by atoms with Crippen molar-refractivity contribution in [1.82, 2.24) is 0 Å². The fourth-order valence-corrected chi connectivity index (χ4v) is 2.72. The lowest BCUT2D eigenvalue weighted by atomic mass is 9.93. The van der Waals surface area contributed by atoms with Crippen molar-refractivity contribution in [3.8, 4) is 0 Å². The highest BCUT2D eigenvalue weighted by molar-refractivity contribution is 5.98.